The third-order valence-electron chi connectivity index (χ3n) is 4.75. The van der Waals surface area contributed by atoms with Crippen molar-refractivity contribution in [3.8, 4) is 0 Å². The lowest BCUT2D eigenvalue weighted by Gasteiger charge is -2.17. The van der Waals surface area contributed by atoms with Crippen LogP contribution in [-0.2, 0) is 6.54 Å². The number of likely N-dealkylation sites (tertiary alicyclic amines) is 1. The molecule has 3 heteroatoms. The van der Waals surface area contributed by atoms with E-state index in [2.05, 4.69) is 35.2 Å². The fourth-order valence-corrected chi connectivity index (χ4v) is 3.48. The highest BCUT2D eigenvalue weighted by Gasteiger charge is 2.32. The van der Waals surface area contributed by atoms with Crippen molar-refractivity contribution < 1.29 is 4.39 Å². The molecule has 1 saturated heterocycles. The second kappa shape index (κ2) is 6.59. The van der Waals surface area contributed by atoms with E-state index in [1.807, 2.05) is 13.0 Å². The van der Waals surface area contributed by atoms with Crippen molar-refractivity contribution in [2.24, 2.45) is 11.7 Å². The van der Waals surface area contributed by atoms with Gasteiger partial charge in [-0.15, -0.1) is 0 Å². The van der Waals surface area contributed by atoms with Crippen LogP contribution in [-0.4, -0.2) is 24.5 Å². The molecule has 1 heterocycles. The number of aryl methyl sites for hydroxylation is 1. The van der Waals surface area contributed by atoms with E-state index in [0.29, 0.717) is 18.4 Å². The molecule has 1 aliphatic rings. The van der Waals surface area contributed by atoms with Gasteiger partial charge in [0.05, 0.1) is 0 Å². The largest absolute Gasteiger partial charge is 0.330 e. The minimum atomic E-state index is -0.162. The zero-order valence-corrected chi connectivity index (χ0v) is 13.0. The first-order valence-corrected chi connectivity index (χ1v) is 7.89. The Labute approximate surface area is 131 Å². The summed E-state index contributed by atoms with van der Waals surface area (Å²) in [7, 11) is 0. The zero-order chi connectivity index (χ0) is 15.5. The molecular weight excluding hydrogens is 275 g/mol. The van der Waals surface area contributed by atoms with Crippen LogP contribution < -0.4 is 5.73 Å². The van der Waals surface area contributed by atoms with Gasteiger partial charge in [0.2, 0.25) is 0 Å². The second-order valence-electron chi connectivity index (χ2n) is 6.28. The summed E-state index contributed by atoms with van der Waals surface area (Å²) in [6.07, 6.45) is 0. The smallest absolute Gasteiger partial charge is 0.123 e. The first-order valence-electron chi connectivity index (χ1n) is 7.89. The van der Waals surface area contributed by atoms with Gasteiger partial charge < -0.3 is 5.73 Å². The van der Waals surface area contributed by atoms with Crippen molar-refractivity contribution >= 4 is 0 Å². The summed E-state index contributed by atoms with van der Waals surface area (Å²) >= 11 is 0. The Hall–Kier alpha value is -1.71. The summed E-state index contributed by atoms with van der Waals surface area (Å²) in [5, 5.41) is 0. The van der Waals surface area contributed by atoms with Crippen LogP contribution >= 0.6 is 0 Å². The molecule has 22 heavy (non-hydrogen) atoms. The summed E-state index contributed by atoms with van der Waals surface area (Å²) in [6.45, 7) is 5.57. The molecule has 116 valence electrons. The molecule has 0 spiro atoms. The SMILES string of the molecule is Cc1cc(F)ccc1CN1C[C@@H](CN)[C@H](c2ccccc2)C1. The average Bonchev–Trinajstić information content (AvgIpc) is 2.94. The maximum absolute atomic E-state index is 13.2. The first kappa shape index (κ1) is 15.2. The van der Waals surface area contributed by atoms with Crippen LogP contribution in [0.4, 0.5) is 4.39 Å². The molecule has 0 aliphatic carbocycles. The van der Waals surface area contributed by atoms with Crippen LogP contribution in [0.2, 0.25) is 0 Å². The minimum absolute atomic E-state index is 0.162. The zero-order valence-electron chi connectivity index (χ0n) is 13.0. The molecule has 0 unspecified atom stereocenters. The predicted molar refractivity (Wildman–Crippen MR) is 88.1 cm³/mol. The Morgan fingerprint density at radius 3 is 2.59 bits per heavy atom. The van der Waals surface area contributed by atoms with Crippen molar-refractivity contribution in [2.75, 3.05) is 19.6 Å². The van der Waals surface area contributed by atoms with E-state index < -0.39 is 0 Å². The topological polar surface area (TPSA) is 29.3 Å². The maximum atomic E-state index is 13.2. The monoisotopic (exact) mass is 298 g/mol. The van der Waals surface area contributed by atoms with Crippen LogP contribution in [0.25, 0.3) is 0 Å². The number of rotatable bonds is 4. The van der Waals surface area contributed by atoms with E-state index in [4.69, 9.17) is 5.73 Å². The Morgan fingerprint density at radius 1 is 1.14 bits per heavy atom. The summed E-state index contributed by atoms with van der Waals surface area (Å²) < 4.78 is 13.2. The lowest BCUT2D eigenvalue weighted by atomic mass is 9.89. The van der Waals surface area contributed by atoms with Gasteiger partial charge in [0.15, 0.2) is 0 Å². The molecule has 2 N–H and O–H groups in total. The van der Waals surface area contributed by atoms with E-state index in [0.717, 1.165) is 25.2 Å². The molecule has 1 fully saturated rings. The highest BCUT2D eigenvalue weighted by atomic mass is 19.1. The normalized spacial score (nSPS) is 22.1. The molecule has 0 radical (unpaired) electrons. The number of hydrogen-bond acceptors (Lipinski definition) is 2. The van der Waals surface area contributed by atoms with Gasteiger partial charge in [0, 0.05) is 25.6 Å². The van der Waals surface area contributed by atoms with Gasteiger partial charge in [-0.05, 0) is 48.2 Å². The number of halogens is 1. The molecule has 0 aromatic heterocycles. The van der Waals surface area contributed by atoms with Crippen molar-refractivity contribution in [3.63, 3.8) is 0 Å². The second-order valence-corrected chi connectivity index (χ2v) is 6.28. The average molecular weight is 298 g/mol. The number of benzene rings is 2. The number of nitrogens with two attached hydrogens (primary N) is 1. The fraction of sp³-hybridized carbons (Fsp3) is 0.368. The lowest BCUT2D eigenvalue weighted by molar-refractivity contribution is 0.316. The van der Waals surface area contributed by atoms with E-state index in [1.165, 1.54) is 11.1 Å². The molecule has 2 nitrogen and oxygen atoms in total. The van der Waals surface area contributed by atoms with E-state index in [-0.39, 0.29) is 5.82 Å². The van der Waals surface area contributed by atoms with E-state index >= 15 is 0 Å². The lowest BCUT2D eigenvalue weighted by Crippen LogP contribution is -2.23. The van der Waals surface area contributed by atoms with Crippen LogP contribution in [0.1, 0.15) is 22.6 Å². The molecule has 1 aliphatic heterocycles. The fourth-order valence-electron chi connectivity index (χ4n) is 3.48. The van der Waals surface area contributed by atoms with Gasteiger partial charge >= 0.3 is 0 Å². The summed E-state index contributed by atoms with van der Waals surface area (Å²) in [5.41, 5.74) is 9.58. The number of hydrogen-bond donors (Lipinski definition) is 1. The third-order valence-corrected chi connectivity index (χ3v) is 4.75. The Kier molecular flexibility index (Phi) is 4.55. The Bertz CT molecular complexity index is 627. The van der Waals surface area contributed by atoms with Crippen molar-refractivity contribution in [3.05, 3.63) is 71.0 Å². The van der Waals surface area contributed by atoms with Gasteiger partial charge in [-0.3, -0.25) is 4.90 Å². The number of nitrogens with zero attached hydrogens (tertiary/aromatic N) is 1. The van der Waals surface area contributed by atoms with Gasteiger partial charge in [0.25, 0.3) is 0 Å². The molecule has 0 bridgehead atoms. The van der Waals surface area contributed by atoms with Crippen molar-refractivity contribution in [2.45, 2.75) is 19.4 Å². The summed E-state index contributed by atoms with van der Waals surface area (Å²) in [6, 6.07) is 15.7. The first-order chi connectivity index (χ1) is 10.7. The highest BCUT2D eigenvalue weighted by Crippen LogP contribution is 2.33. The Morgan fingerprint density at radius 2 is 1.91 bits per heavy atom. The van der Waals surface area contributed by atoms with Crippen LogP contribution in [0.15, 0.2) is 48.5 Å². The van der Waals surface area contributed by atoms with Crippen molar-refractivity contribution in [1.82, 2.24) is 4.90 Å². The molecule has 2 aromatic rings. The molecule has 2 aromatic carbocycles. The van der Waals surface area contributed by atoms with Gasteiger partial charge in [0.1, 0.15) is 5.82 Å². The summed E-state index contributed by atoms with van der Waals surface area (Å²) in [5.74, 6) is 0.819. The quantitative estimate of drug-likeness (QED) is 0.938. The van der Waals surface area contributed by atoms with Crippen LogP contribution in [0.5, 0.6) is 0 Å². The highest BCUT2D eigenvalue weighted by molar-refractivity contribution is 5.27. The van der Waals surface area contributed by atoms with Gasteiger partial charge in [-0.1, -0.05) is 36.4 Å². The molecule has 3 rings (SSSR count). The van der Waals surface area contributed by atoms with E-state index in [1.54, 1.807) is 12.1 Å². The van der Waals surface area contributed by atoms with E-state index in [9.17, 15) is 4.39 Å². The minimum Gasteiger partial charge on any atom is -0.330 e. The molecule has 2 atom stereocenters. The van der Waals surface area contributed by atoms with Gasteiger partial charge in [-0.2, -0.15) is 0 Å². The molecular formula is C19H23FN2. The van der Waals surface area contributed by atoms with Gasteiger partial charge in [-0.25, -0.2) is 4.39 Å². The molecule has 0 amide bonds. The maximum Gasteiger partial charge on any atom is 0.123 e. The predicted octanol–water partition coefficient (Wildman–Crippen LogP) is 3.31. The Balaban J connectivity index is 1.74. The van der Waals surface area contributed by atoms with Crippen LogP contribution in [0, 0.1) is 18.7 Å². The van der Waals surface area contributed by atoms with Crippen LogP contribution in [0.3, 0.4) is 0 Å². The summed E-state index contributed by atoms with van der Waals surface area (Å²) in [4.78, 5) is 2.44. The standard InChI is InChI=1S/C19H23FN2/c1-14-9-18(20)8-7-16(14)11-22-12-17(10-21)19(13-22)15-5-3-2-4-6-15/h2-9,17,19H,10-13,21H2,1H3/t17-,19+/m1/s1. The van der Waals surface area contributed by atoms with Crippen molar-refractivity contribution in [1.29, 1.82) is 0 Å². The third kappa shape index (κ3) is 3.21. The molecule has 0 saturated carbocycles.